The Balaban J connectivity index is 2.02. The predicted molar refractivity (Wildman–Crippen MR) is 86.3 cm³/mol. The van der Waals surface area contributed by atoms with Gasteiger partial charge in [0.15, 0.2) is 0 Å². The van der Waals surface area contributed by atoms with Crippen molar-refractivity contribution in [1.82, 2.24) is 9.80 Å². The molecule has 1 heterocycles. The maximum absolute atomic E-state index is 12.5. The fourth-order valence-electron chi connectivity index (χ4n) is 2.81. The van der Waals surface area contributed by atoms with Crippen LogP contribution in [0.2, 0.25) is 0 Å². The number of carbonyl (C=O) groups excluding carboxylic acids is 1. The van der Waals surface area contributed by atoms with E-state index in [0.29, 0.717) is 6.04 Å². The molecule has 0 aromatic heterocycles. The average Bonchev–Trinajstić information content (AvgIpc) is 2.86. The van der Waals surface area contributed by atoms with Gasteiger partial charge in [-0.15, -0.1) is 0 Å². The van der Waals surface area contributed by atoms with Gasteiger partial charge in [0.1, 0.15) is 0 Å². The molecule has 116 valence electrons. The van der Waals surface area contributed by atoms with E-state index in [0.717, 1.165) is 37.2 Å². The summed E-state index contributed by atoms with van der Waals surface area (Å²) in [5, 5.41) is 3.00. The van der Waals surface area contributed by atoms with Crippen LogP contribution in [0, 0.1) is 0 Å². The molecule has 1 aromatic carbocycles. The zero-order valence-corrected chi connectivity index (χ0v) is 13.2. The van der Waals surface area contributed by atoms with Crippen LogP contribution in [0.15, 0.2) is 24.3 Å². The van der Waals surface area contributed by atoms with Crippen LogP contribution in [0.1, 0.15) is 31.4 Å². The molecule has 1 saturated heterocycles. The lowest BCUT2D eigenvalue weighted by Crippen LogP contribution is -2.43. The van der Waals surface area contributed by atoms with Crippen LogP contribution in [0.3, 0.4) is 0 Å². The van der Waals surface area contributed by atoms with Crippen LogP contribution in [0.5, 0.6) is 0 Å². The van der Waals surface area contributed by atoms with Crippen LogP contribution < -0.4 is 11.1 Å². The van der Waals surface area contributed by atoms with Crippen molar-refractivity contribution < 1.29 is 4.79 Å². The molecule has 0 bridgehead atoms. The molecule has 1 aliphatic heterocycles. The van der Waals surface area contributed by atoms with E-state index in [-0.39, 0.29) is 12.1 Å². The molecule has 0 aliphatic carbocycles. The molecule has 0 saturated carbocycles. The van der Waals surface area contributed by atoms with Gasteiger partial charge in [-0.05, 0) is 51.6 Å². The van der Waals surface area contributed by atoms with Crippen LogP contribution in [-0.2, 0) is 0 Å². The van der Waals surface area contributed by atoms with E-state index in [2.05, 4.69) is 10.2 Å². The van der Waals surface area contributed by atoms with Crippen molar-refractivity contribution in [2.45, 2.75) is 31.8 Å². The number of anilines is 1. The molecule has 21 heavy (non-hydrogen) atoms. The third-order valence-corrected chi connectivity index (χ3v) is 3.88. The highest BCUT2D eigenvalue weighted by Crippen LogP contribution is 2.21. The van der Waals surface area contributed by atoms with E-state index in [4.69, 9.17) is 5.73 Å². The highest BCUT2D eigenvalue weighted by atomic mass is 16.2. The standard InChI is InChI=1S/C16H26N4O/c1-12(17)13-6-4-7-14(10-13)18-16(21)20-9-5-8-15(20)11-19(2)3/h4,6-7,10,12,15H,5,8-9,11,17H2,1-3H3,(H,18,21). The topological polar surface area (TPSA) is 61.6 Å². The van der Waals surface area contributed by atoms with Gasteiger partial charge >= 0.3 is 6.03 Å². The summed E-state index contributed by atoms with van der Waals surface area (Å²) < 4.78 is 0. The summed E-state index contributed by atoms with van der Waals surface area (Å²) in [5.74, 6) is 0. The van der Waals surface area contributed by atoms with Crippen molar-refractivity contribution in [1.29, 1.82) is 0 Å². The van der Waals surface area contributed by atoms with Crippen LogP contribution in [0.25, 0.3) is 0 Å². The summed E-state index contributed by atoms with van der Waals surface area (Å²) in [6.07, 6.45) is 2.15. The first-order valence-electron chi connectivity index (χ1n) is 7.55. The normalized spacial score (nSPS) is 19.9. The summed E-state index contributed by atoms with van der Waals surface area (Å²) in [6.45, 7) is 3.68. The molecule has 1 aliphatic rings. The molecule has 5 nitrogen and oxygen atoms in total. The van der Waals surface area contributed by atoms with E-state index in [1.165, 1.54) is 0 Å². The molecule has 5 heteroatoms. The van der Waals surface area contributed by atoms with E-state index in [1.807, 2.05) is 50.2 Å². The van der Waals surface area contributed by atoms with Gasteiger partial charge in [-0.3, -0.25) is 0 Å². The Bertz CT molecular complexity index is 487. The van der Waals surface area contributed by atoms with Crippen LogP contribution in [-0.4, -0.2) is 49.1 Å². The minimum atomic E-state index is -0.0323. The first kappa shape index (κ1) is 15.8. The third-order valence-electron chi connectivity index (χ3n) is 3.88. The second-order valence-corrected chi connectivity index (χ2v) is 6.10. The Morgan fingerprint density at radius 1 is 1.52 bits per heavy atom. The van der Waals surface area contributed by atoms with Gasteiger partial charge in [0.25, 0.3) is 0 Å². The van der Waals surface area contributed by atoms with Gasteiger partial charge in [-0.1, -0.05) is 12.1 Å². The van der Waals surface area contributed by atoms with Crippen molar-refractivity contribution in [3.8, 4) is 0 Å². The lowest BCUT2D eigenvalue weighted by atomic mass is 10.1. The molecule has 3 N–H and O–H groups in total. The summed E-state index contributed by atoms with van der Waals surface area (Å²) in [5.41, 5.74) is 7.72. The second-order valence-electron chi connectivity index (χ2n) is 6.10. The first-order valence-corrected chi connectivity index (χ1v) is 7.55. The van der Waals surface area contributed by atoms with Gasteiger partial charge in [0.2, 0.25) is 0 Å². The summed E-state index contributed by atoms with van der Waals surface area (Å²) in [6, 6.07) is 8.01. The van der Waals surface area contributed by atoms with Crippen molar-refractivity contribution in [3.05, 3.63) is 29.8 Å². The molecule has 0 radical (unpaired) electrons. The van der Waals surface area contributed by atoms with Gasteiger partial charge in [-0.2, -0.15) is 0 Å². The van der Waals surface area contributed by atoms with E-state index < -0.39 is 0 Å². The fraction of sp³-hybridized carbons (Fsp3) is 0.562. The van der Waals surface area contributed by atoms with Gasteiger partial charge in [-0.25, -0.2) is 4.79 Å². The molecule has 1 aromatic rings. The number of likely N-dealkylation sites (tertiary alicyclic amines) is 1. The zero-order chi connectivity index (χ0) is 15.4. The Kier molecular flexibility index (Phi) is 5.20. The highest BCUT2D eigenvalue weighted by Gasteiger charge is 2.28. The quantitative estimate of drug-likeness (QED) is 0.894. The number of nitrogens with zero attached hydrogens (tertiary/aromatic N) is 2. The molecule has 0 spiro atoms. The number of hydrogen-bond acceptors (Lipinski definition) is 3. The SMILES string of the molecule is CC(N)c1cccc(NC(=O)N2CCCC2CN(C)C)c1. The second kappa shape index (κ2) is 6.91. The number of amides is 2. The molecule has 2 unspecified atom stereocenters. The van der Waals surface area contributed by atoms with E-state index >= 15 is 0 Å². The van der Waals surface area contributed by atoms with Crippen molar-refractivity contribution in [2.24, 2.45) is 5.73 Å². The molecule has 1 fully saturated rings. The maximum Gasteiger partial charge on any atom is 0.322 e. The zero-order valence-electron chi connectivity index (χ0n) is 13.2. The lowest BCUT2D eigenvalue weighted by Gasteiger charge is -2.27. The summed E-state index contributed by atoms with van der Waals surface area (Å²) in [4.78, 5) is 16.5. The molecular formula is C16H26N4O. The summed E-state index contributed by atoms with van der Waals surface area (Å²) in [7, 11) is 4.08. The lowest BCUT2D eigenvalue weighted by molar-refractivity contribution is 0.193. The predicted octanol–water partition coefficient (Wildman–Crippen LogP) is 2.26. The minimum absolute atomic E-state index is 0.0128. The Morgan fingerprint density at radius 3 is 2.95 bits per heavy atom. The smallest absolute Gasteiger partial charge is 0.322 e. The monoisotopic (exact) mass is 290 g/mol. The van der Waals surface area contributed by atoms with E-state index in [9.17, 15) is 4.79 Å². The average molecular weight is 290 g/mol. The first-order chi connectivity index (χ1) is 9.97. The van der Waals surface area contributed by atoms with Gasteiger partial charge in [0.05, 0.1) is 0 Å². The molecule has 2 amide bonds. The number of nitrogens with two attached hydrogens (primary N) is 1. The summed E-state index contributed by atoms with van der Waals surface area (Å²) >= 11 is 0. The Morgan fingerprint density at radius 2 is 2.29 bits per heavy atom. The van der Waals surface area contributed by atoms with Crippen LogP contribution >= 0.6 is 0 Å². The number of nitrogens with one attached hydrogen (secondary N) is 1. The minimum Gasteiger partial charge on any atom is -0.324 e. The van der Waals surface area contributed by atoms with Crippen LogP contribution in [0.4, 0.5) is 10.5 Å². The number of benzene rings is 1. The van der Waals surface area contributed by atoms with E-state index in [1.54, 1.807) is 0 Å². The maximum atomic E-state index is 12.5. The Hall–Kier alpha value is -1.59. The fourth-order valence-corrected chi connectivity index (χ4v) is 2.81. The highest BCUT2D eigenvalue weighted by molar-refractivity contribution is 5.89. The van der Waals surface area contributed by atoms with Gasteiger partial charge in [0, 0.05) is 30.9 Å². The van der Waals surface area contributed by atoms with Crippen molar-refractivity contribution in [2.75, 3.05) is 32.5 Å². The Labute approximate surface area is 127 Å². The van der Waals surface area contributed by atoms with Gasteiger partial charge < -0.3 is 20.9 Å². The van der Waals surface area contributed by atoms with Crippen molar-refractivity contribution in [3.63, 3.8) is 0 Å². The number of rotatable bonds is 4. The largest absolute Gasteiger partial charge is 0.324 e. The number of likely N-dealkylation sites (N-methyl/N-ethyl adjacent to an activating group) is 1. The molecule has 2 atom stereocenters. The third kappa shape index (κ3) is 4.19. The number of urea groups is 1. The number of carbonyl (C=O) groups is 1. The molecule has 2 rings (SSSR count). The van der Waals surface area contributed by atoms with Crippen molar-refractivity contribution >= 4 is 11.7 Å². The molecular weight excluding hydrogens is 264 g/mol. The number of hydrogen-bond donors (Lipinski definition) is 2.